The van der Waals surface area contributed by atoms with Gasteiger partial charge in [-0.05, 0) is 161 Å². The standard InChI is InChI=1S/C54H64O12/c55-52(41-16-20-43(21-17-41)60-30-10-3-1-8-28-58-35-39-14-25-48-50(32-39)64-48)63-45-24-27-47(46(34-45)54(57)62-37-38-12-6-5-7-13-38)66-53(56)42-18-22-44(23-19-42)61-31-11-4-2-9-29-59-36-40-15-26-49-51(33-40)65-49/h5-7,12-13,16-24,27,34,39-40,48-51H,1-4,8-11,14-15,25-26,28-33,35-37H2. The van der Waals surface area contributed by atoms with Crippen molar-refractivity contribution in [2.45, 2.75) is 121 Å². The Hall–Kier alpha value is -5.27. The van der Waals surface area contributed by atoms with E-state index in [4.69, 9.17) is 42.6 Å². The summed E-state index contributed by atoms with van der Waals surface area (Å²) in [5, 5.41) is 0. The number of hydrogen-bond acceptors (Lipinski definition) is 12. The summed E-state index contributed by atoms with van der Waals surface area (Å²) in [6, 6.07) is 26.8. The van der Waals surface area contributed by atoms with Crippen LogP contribution in [0.15, 0.2) is 97.1 Å². The lowest BCUT2D eigenvalue weighted by molar-refractivity contribution is 0.0465. The number of epoxide rings is 2. The van der Waals surface area contributed by atoms with Crippen LogP contribution in [-0.2, 0) is 30.3 Å². The van der Waals surface area contributed by atoms with Crippen molar-refractivity contribution in [1.29, 1.82) is 0 Å². The first-order chi connectivity index (χ1) is 32.4. The summed E-state index contributed by atoms with van der Waals surface area (Å²) in [7, 11) is 0. The van der Waals surface area contributed by atoms with Crippen molar-refractivity contribution >= 4 is 17.9 Å². The van der Waals surface area contributed by atoms with Crippen LogP contribution >= 0.6 is 0 Å². The molecule has 66 heavy (non-hydrogen) atoms. The minimum absolute atomic E-state index is 0.00843. The number of unbranched alkanes of at least 4 members (excludes halogenated alkanes) is 6. The smallest absolute Gasteiger partial charge is 0.343 e. The van der Waals surface area contributed by atoms with Crippen molar-refractivity contribution in [2.75, 3.05) is 39.6 Å². The number of ether oxygens (including phenoxy) is 9. The molecule has 2 saturated heterocycles. The lowest BCUT2D eigenvalue weighted by Gasteiger charge is -2.18. The second kappa shape index (κ2) is 24.5. The maximum absolute atomic E-state index is 13.5. The molecule has 4 aromatic carbocycles. The van der Waals surface area contributed by atoms with E-state index in [1.165, 1.54) is 43.9 Å². The maximum atomic E-state index is 13.5. The van der Waals surface area contributed by atoms with Crippen LogP contribution in [0.5, 0.6) is 23.0 Å². The van der Waals surface area contributed by atoms with E-state index in [0.29, 0.717) is 66.5 Å². The quantitative estimate of drug-likeness (QED) is 0.0243. The highest BCUT2D eigenvalue weighted by Gasteiger charge is 2.44. The van der Waals surface area contributed by atoms with Crippen LogP contribution in [0, 0.1) is 11.8 Å². The van der Waals surface area contributed by atoms with E-state index in [2.05, 4.69) is 0 Å². The molecule has 4 aromatic rings. The van der Waals surface area contributed by atoms with Gasteiger partial charge in [-0.1, -0.05) is 43.2 Å². The number of benzene rings is 4. The number of esters is 3. The van der Waals surface area contributed by atoms with Gasteiger partial charge in [-0.15, -0.1) is 0 Å². The minimum atomic E-state index is -0.751. The van der Waals surface area contributed by atoms with Crippen molar-refractivity contribution < 1.29 is 57.0 Å². The fraction of sp³-hybridized carbons (Fsp3) is 0.500. The van der Waals surface area contributed by atoms with Gasteiger partial charge in [0.25, 0.3) is 0 Å². The van der Waals surface area contributed by atoms with Gasteiger partial charge in [0.1, 0.15) is 35.2 Å². The molecule has 6 unspecified atom stereocenters. The van der Waals surface area contributed by atoms with Crippen molar-refractivity contribution in [3.05, 3.63) is 119 Å². The van der Waals surface area contributed by atoms with Gasteiger partial charge in [0.05, 0.1) is 48.8 Å². The van der Waals surface area contributed by atoms with Crippen LogP contribution in [0.2, 0.25) is 0 Å². The molecule has 0 bridgehead atoms. The summed E-state index contributed by atoms with van der Waals surface area (Å²) in [5.41, 5.74) is 1.27. The Balaban J connectivity index is 0.752. The molecule has 2 saturated carbocycles. The molecule has 2 aliphatic heterocycles. The number of hydrogen-bond donors (Lipinski definition) is 0. The molecule has 2 aliphatic carbocycles. The second-order valence-corrected chi connectivity index (χ2v) is 18.0. The van der Waals surface area contributed by atoms with Crippen LogP contribution in [0.3, 0.4) is 0 Å². The number of rotatable bonds is 27. The average Bonchev–Trinajstić information content (AvgIpc) is 4.29. The third-order valence-corrected chi connectivity index (χ3v) is 12.8. The van der Waals surface area contributed by atoms with Crippen molar-refractivity contribution in [1.82, 2.24) is 0 Å². The number of carbonyl (C=O) groups excluding carboxylic acids is 3. The van der Waals surface area contributed by atoms with Crippen molar-refractivity contribution in [2.24, 2.45) is 11.8 Å². The van der Waals surface area contributed by atoms with E-state index in [1.54, 1.807) is 48.5 Å². The normalized spacial score (nSPS) is 21.5. The van der Waals surface area contributed by atoms with E-state index < -0.39 is 17.9 Å². The zero-order valence-electron chi connectivity index (χ0n) is 37.9. The monoisotopic (exact) mass is 904 g/mol. The van der Waals surface area contributed by atoms with Crippen LogP contribution < -0.4 is 18.9 Å². The molecule has 0 N–H and O–H groups in total. The van der Waals surface area contributed by atoms with Gasteiger partial charge in [0.15, 0.2) is 0 Å². The van der Waals surface area contributed by atoms with Gasteiger partial charge in [-0.2, -0.15) is 0 Å². The van der Waals surface area contributed by atoms with Crippen LogP contribution in [-0.4, -0.2) is 82.0 Å². The molecular formula is C54H64O12. The first kappa shape index (κ1) is 47.2. The molecule has 12 heteroatoms. The van der Waals surface area contributed by atoms with Gasteiger partial charge in [-0.25, -0.2) is 14.4 Å². The number of carbonyl (C=O) groups is 3. The summed E-state index contributed by atoms with van der Waals surface area (Å²) < 4.78 is 51.9. The summed E-state index contributed by atoms with van der Waals surface area (Å²) in [5.74, 6) is 0.560. The fourth-order valence-electron chi connectivity index (χ4n) is 8.80. The van der Waals surface area contributed by atoms with Crippen LogP contribution in [0.1, 0.15) is 127 Å². The lowest BCUT2D eigenvalue weighted by atomic mass is 9.90. The van der Waals surface area contributed by atoms with Crippen LogP contribution in [0.25, 0.3) is 0 Å². The van der Waals surface area contributed by atoms with Gasteiger partial charge in [0, 0.05) is 26.4 Å². The summed E-state index contributed by atoms with van der Waals surface area (Å²) in [6.07, 6.45) is 17.3. The largest absolute Gasteiger partial charge is 0.494 e. The number of fused-ring (bicyclic) bond motifs is 2. The zero-order valence-corrected chi connectivity index (χ0v) is 37.9. The summed E-state index contributed by atoms with van der Waals surface area (Å²) in [6.45, 7) is 4.40. The summed E-state index contributed by atoms with van der Waals surface area (Å²) >= 11 is 0. The minimum Gasteiger partial charge on any atom is -0.494 e. The van der Waals surface area contributed by atoms with E-state index in [-0.39, 0.29) is 29.2 Å². The second-order valence-electron chi connectivity index (χ2n) is 18.0. The fourth-order valence-corrected chi connectivity index (χ4v) is 8.80. The third kappa shape index (κ3) is 14.9. The molecule has 352 valence electrons. The first-order valence-electron chi connectivity index (χ1n) is 24.1. The topological polar surface area (TPSA) is 141 Å². The van der Waals surface area contributed by atoms with E-state index >= 15 is 0 Å². The maximum Gasteiger partial charge on any atom is 0.343 e. The van der Waals surface area contributed by atoms with E-state index in [0.717, 1.165) is 96.2 Å². The molecule has 0 spiro atoms. The molecule has 6 atom stereocenters. The molecular weight excluding hydrogens is 841 g/mol. The van der Waals surface area contributed by atoms with E-state index in [9.17, 15) is 14.4 Å². The molecule has 8 rings (SSSR count). The average molecular weight is 905 g/mol. The highest BCUT2D eigenvalue weighted by Crippen LogP contribution is 2.40. The van der Waals surface area contributed by atoms with Gasteiger partial charge in [0.2, 0.25) is 0 Å². The molecule has 2 heterocycles. The Morgan fingerprint density at radius 2 is 0.985 bits per heavy atom. The van der Waals surface area contributed by atoms with Gasteiger partial charge < -0.3 is 42.6 Å². The molecule has 0 aromatic heterocycles. The highest BCUT2D eigenvalue weighted by atomic mass is 16.6. The summed E-state index contributed by atoms with van der Waals surface area (Å²) in [4.78, 5) is 40.0. The zero-order chi connectivity index (χ0) is 45.3. The Morgan fingerprint density at radius 1 is 0.485 bits per heavy atom. The van der Waals surface area contributed by atoms with E-state index in [1.807, 2.05) is 30.3 Å². The lowest BCUT2D eigenvalue weighted by Crippen LogP contribution is -2.18. The Labute approximate surface area is 388 Å². The first-order valence-corrected chi connectivity index (χ1v) is 24.1. The van der Waals surface area contributed by atoms with Crippen molar-refractivity contribution in [3.63, 3.8) is 0 Å². The highest BCUT2D eigenvalue weighted by molar-refractivity contribution is 5.97. The van der Waals surface area contributed by atoms with Gasteiger partial charge in [-0.3, -0.25) is 0 Å². The Kier molecular flexibility index (Phi) is 17.5. The molecule has 0 amide bonds. The Bertz CT molecular complexity index is 2140. The molecule has 12 nitrogen and oxygen atoms in total. The molecule has 4 aliphatic rings. The SMILES string of the molecule is O=C(Oc1ccc(OC(=O)c2ccc(OCCCCCCOCC3CCC4OC4C3)cc2)c(C(=O)OCc2ccccc2)c1)c1ccc(OCCCCCCOCC2CCC3OC3C2)cc1. The molecule has 0 radical (unpaired) electrons. The predicted octanol–water partition coefficient (Wildman–Crippen LogP) is 10.5. The van der Waals surface area contributed by atoms with Crippen LogP contribution in [0.4, 0.5) is 0 Å². The van der Waals surface area contributed by atoms with Gasteiger partial charge >= 0.3 is 17.9 Å². The third-order valence-electron chi connectivity index (χ3n) is 12.8. The molecule has 4 fully saturated rings. The Morgan fingerprint density at radius 3 is 1.52 bits per heavy atom. The predicted molar refractivity (Wildman–Crippen MR) is 246 cm³/mol. The van der Waals surface area contributed by atoms with Crippen molar-refractivity contribution in [3.8, 4) is 23.0 Å².